The minimum atomic E-state index is 0.306. The summed E-state index contributed by atoms with van der Waals surface area (Å²) in [5, 5.41) is 12.0. The number of phenolic OH excluding ortho intramolecular Hbond substituents is 1. The van der Waals surface area contributed by atoms with E-state index in [1.165, 1.54) is 0 Å². The Balaban J connectivity index is 2.16. The van der Waals surface area contributed by atoms with Gasteiger partial charge in [-0.3, -0.25) is 0 Å². The van der Waals surface area contributed by atoms with Crippen LogP contribution in [0.5, 0.6) is 5.75 Å². The molecule has 82 valence electrons. The number of hydrogen-bond acceptors (Lipinski definition) is 2. The summed E-state index contributed by atoms with van der Waals surface area (Å²) in [6.45, 7) is 0.872. The van der Waals surface area contributed by atoms with Gasteiger partial charge in [0, 0.05) is 18.3 Å². The molecular weight excluding hydrogens is 212 g/mol. The zero-order valence-corrected chi connectivity index (χ0v) is 9.09. The molecule has 0 bridgehead atoms. The van der Waals surface area contributed by atoms with Crippen molar-refractivity contribution in [3.63, 3.8) is 0 Å². The zero-order valence-electron chi connectivity index (χ0n) is 9.09. The van der Waals surface area contributed by atoms with Crippen LogP contribution < -0.4 is 10.7 Å². The Morgan fingerprint density at radius 1 is 1.29 bits per heavy atom. The Morgan fingerprint density at radius 2 is 2.24 bits per heavy atom. The van der Waals surface area contributed by atoms with Crippen molar-refractivity contribution in [2.45, 2.75) is 6.54 Å². The first kappa shape index (κ1) is 8.82. The van der Waals surface area contributed by atoms with E-state index in [-0.39, 0.29) is 0 Å². The van der Waals surface area contributed by atoms with Crippen molar-refractivity contribution in [1.29, 1.82) is 0 Å². The number of aromatic nitrogens is 1. The summed E-state index contributed by atoms with van der Waals surface area (Å²) in [6, 6.07) is 5.47. The molecule has 0 aliphatic carbocycles. The number of benzene rings is 1. The number of aromatic hydroxyl groups is 1. The highest BCUT2D eigenvalue weighted by Gasteiger charge is 2.20. The van der Waals surface area contributed by atoms with Gasteiger partial charge >= 0.3 is 0 Å². The smallest absolute Gasteiger partial charge is 0.125 e. The molecule has 3 heteroatoms. The summed E-state index contributed by atoms with van der Waals surface area (Å²) >= 11 is 0. The highest BCUT2D eigenvalue weighted by Crippen LogP contribution is 2.38. The number of nitrogens with zero attached hydrogens (tertiary/aromatic N) is 2. The first-order valence-electron chi connectivity index (χ1n) is 5.62. The molecular formula is C14H10N2O. The monoisotopic (exact) mass is 222 g/mol. The second-order valence-electron chi connectivity index (χ2n) is 4.31. The minimum absolute atomic E-state index is 0.306. The van der Waals surface area contributed by atoms with Crippen LogP contribution in [0.4, 0.5) is 5.69 Å². The Hall–Kier alpha value is -2.29. The van der Waals surface area contributed by atoms with Crippen LogP contribution in [-0.2, 0) is 6.54 Å². The van der Waals surface area contributed by atoms with Crippen molar-refractivity contribution < 1.29 is 5.11 Å². The van der Waals surface area contributed by atoms with Crippen LogP contribution in [-0.4, -0.2) is 9.67 Å². The second-order valence-corrected chi connectivity index (χ2v) is 4.31. The quantitative estimate of drug-likeness (QED) is 0.614. The molecule has 2 aliphatic heterocycles. The normalized spacial score (nSPS) is 14.6. The number of hydrogen-bond donors (Lipinski definition) is 1. The van der Waals surface area contributed by atoms with Gasteiger partial charge < -0.3 is 9.67 Å². The van der Waals surface area contributed by atoms with E-state index in [4.69, 9.17) is 0 Å². The highest BCUT2D eigenvalue weighted by atomic mass is 16.3. The molecule has 1 N–H and O–H groups in total. The van der Waals surface area contributed by atoms with E-state index in [9.17, 15) is 5.11 Å². The topological polar surface area (TPSA) is 37.5 Å². The van der Waals surface area contributed by atoms with Gasteiger partial charge in [-0.25, -0.2) is 4.99 Å². The number of allylic oxidation sites excluding steroid dienone is 2. The molecule has 0 saturated heterocycles. The van der Waals surface area contributed by atoms with Gasteiger partial charge in [0.1, 0.15) is 5.75 Å². The van der Waals surface area contributed by atoms with Crippen molar-refractivity contribution in [2.24, 2.45) is 4.99 Å². The van der Waals surface area contributed by atoms with Crippen LogP contribution in [0, 0.1) is 0 Å². The van der Waals surface area contributed by atoms with Crippen LogP contribution in [0.1, 0.15) is 0 Å². The predicted octanol–water partition coefficient (Wildman–Crippen LogP) is 1.48. The zero-order chi connectivity index (χ0) is 11.4. The van der Waals surface area contributed by atoms with Gasteiger partial charge in [0.25, 0.3) is 0 Å². The second kappa shape index (κ2) is 2.88. The summed E-state index contributed by atoms with van der Waals surface area (Å²) in [5.41, 5.74) is 2.76. The van der Waals surface area contributed by atoms with Gasteiger partial charge in [-0.05, 0) is 18.2 Å². The van der Waals surface area contributed by atoms with Crippen LogP contribution >= 0.6 is 0 Å². The van der Waals surface area contributed by atoms with Crippen molar-refractivity contribution in [1.82, 2.24) is 4.57 Å². The summed E-state index contributed by atoms with van der Waals surface area (Å²) in [6.07, 6.45) is 8.29. The largest absolute Gasteiger partial charge is 0.507 e. The van der Waals surface area contributed by atoms with Gasteiger partial charge in [0.05, 0.1) is 22.0 Å². The molecule has 2 aromatic rings. The molecule has 0 saturated carbocycles. The molecule has 17 heavy (non-hydrogen) atoms. The molecule has 0 atom stereocenters. The lowest BCUT2D eigenvalue weighted by Gasteiger charge is -2.04. The van der Waals surface area contributed by atoms with Crippen molar-refractivity contribution in [3.05, 3.63) is 47.3 Å². The molecule has 0 fully saturated rings. The van der Waals surface area contributed by atoms with Gasteiger partial charge in [-0.1, -0.05) is 18.2 Å². The molecule has 0 radical (unpaired) electrons. The molecule has 1 aromatic heterocycles. The third-order valence-corrected chi connectivity index (χ3v) is 3.31. The average Bonchev–Trinajstić information content (AvgIpc) is 2.85. The number of phenols is 1. The molecule has 3 heterocycles. The van der Waals surface area contributed by atoms with Crippen molar-refractivity contribution in [3.8, 4) is 16.9 Å². The van der Waals surface area contributed by atoms with E-state index in [1.807, 2.05) is 18.2 Å². The third-order valence-electron chi connectivity index (χ3n) is 3.31. The summed E-state index contributed by atoms with van der Waals surface area (Å²) < 4.78 is 2.16. The maximum absolute atomic E-state index is 9.94. The summed E-state index contributed by atoms with van der Waals surface area (Å²) in [4.78, 5) is 4.60. The Kier molecular flexibility index (Phi) is 1.50. The predicted molar refractivity (Wildman–Crippen MR) is 65.6 cm³/mol. The van der Waals surface area contributed by atoms with Crippen molar-refractivity contribution >= 4 is 11.8 Å². The van der Waals surface area contributed by atoms with Gasteiger partial charge in [0.2, 0.25) is 0 Å². The van der Waals surface area contributed by atoms with Gasteiger partial charge in [-0.2, -0.15) is 0 Å². The van der Waals surface area contributed by atoms with E-state index in [1.54, 1.807) is 6.07 Å². The molecule has 1 aromatic carbocycles. The maximum Gasteiger partial charge on any atom is 0.125 e. The first-order valence-corrected chi connectivity index (χ1v) is 5.62. The fourth-order valence-electron chi connectivity index (χ4n) is 2.54. The summed E-state index contributed by atoms with van der Waals surface area (Å²) in [7, 11) is 0. The molecule has 4 rings (SSSR count). The van der Waals surface area contributed by atoms with E-state index < -0.39 is 0 Å². The Bertz CT molecular complexity index is 781. The first-order chi connectivity index (χ1) is 8.34. The standard InChI is InChI=1S/C14H10N2O/c17-12-6-3-4-10-13(12)9-8-16-7-2-1-5-11(16)14(9)15-10/h1-6,8,17H,7H2. The minimum Gasteiger partial charge on any atom is -0.507 e. The van der Waals surface area contributed by atoms with Crippen LogP contribution in [0.2, 0.25) is 0 Å². The van der Waals surface area contributed by atoms with E-state index in [2.05, 4.69) is 27.9 Å². The van der Waals surface area contributed by atoms with Gasteiger partial charge in [-0.15, -0.1) is 0 Å². The lowest BCUT2D eigenvalue weighted by atomic mass is 10.1. The van der Waals surface area contributed by atoms with Crippen molar-refractivity contribution in [2.75, 3.05) is 0 Å². The SMILES string of the molecule is Oc1cccc2c1-c1cn3c(c1=N2)=CC=CC3. The molecule has 0 unspecified atom stereocenters. The van der Waals surface area contributed by atoms with E-state index >= 15 is 0 Å². The lowest BCUT2D eigenvalue weighted by molar-refractivity contribution is 0.477. The lowest BCUT2D eigenvalue weighted by Crippen LogP contribution is -2.29. The van der Waals surface area contributed by atoms with E-state index in [0.29, 0.717) is 5.75 Å². The van der Waals surface area contributed by atoms with Crippen LogP contribution in [0.15, 0.2) is 41.5 Å². The maximum atomic E-state index is 9.94. The summed E-state index contributed by atoms with van der Waals surface area (Å²) in [5.74, 6) is 0.306. The fourth-order valence-corrected chi connectivity index (χ4v) is 2.54. The fraction of sp³-hybridized carbons (Fsp3) is 0.0714. The molecule has 2 aliphatic rings. The molecule has 3 nitrogen and oxygen atoms in total. The number of rotatable bonds is 0. The Morgan fingerprint density at radius 3 is 3.18 bits per heavy atom. The average molecular weight is 222 g/mol. The van der Waals surface area contributed by atoms with Crippen LogP contribution in [0.3, 0.4) is 0 Å². The number of fused-ring (bicyclic) bond motifs is 5. The third kappa shape index (κ3) is 1.03. The van der Waals surface area contributed by atoms with Gasteiger partial charge in [0.15, 0.2) is 0 Å². The highest BCUT2D eigenvalue weighted by molar-refractivity contribution is 5.84. The Labute approximate surface area is 97.7 Å². The van der Waals surface area contributed by atoms with E-state index in [0.717, 1.165) is 34.1 Å². The molecule has 0 spiro atoms. The van der Waals surface area contributed by atoms with Crippen LogP contribution in [0.25, 0.3) is 17.2 Å². The molecule has 0 amide bonds.